The Balaban J connectivity index is 1.83. The lowest BCUT2D eigenvalue weighted by Crippen LogP contribution is -2.35. The molecule has 1 aliphatic carbocycles. The van der Waals surface area contributed by atoms with Gasteiger partial charge in [-0.3, -0.25) is 10.1 Å². The molecule has 1 N–H and O–H groups in total. The zero-order chi connectivity index (χ0) is 13.8. The summed E-state index contributed by atoms with van der Waals surface area (Å²) < 4.78 is 0. The zero-order valence-electron chi connectivity index (χ0n) is 11.6. The Hall–Kier alpha value is -1.42. The van der Waals surface area contributed by atoms with E-state index in [2.05, 4.69) is 19.2 Å². The van der Waals surface area contributed by atoms with Crippen LogP contribution < -0.4 is 5.32 Å². The van der Waals surface area contributed by atoms with Crippen LogP contribution in [0.3, 0.4) is 0 Å². The van der Waals surface area contributed by atoms with E-state index in [-0.39, 0.29) is 10.6 Å². The van der Waals surface area contributed by atoms with E-state index < -0.39 is 0 Å². The minimum Gasteiger partial charge on any atom is -0.310 e. The van der Waals surface area contributed by atoms with Gasteiger partial charge in [0.1, 0.15) is 0 Å². The van der Waals surface area contributed by atoms with Gasteiger partial charge in [0.15, 0.2) is 0 Å². The lowest BCUT2D eigenvalue weighted by Gasteiger charge is -2.32. The molecule has 0 bridgehead atoms. The Labute approximate surface area is 114 Å². The molecule has 19 heavy (non-hydrogen) atoms. The van der Waals surface area contributed by atoms with Crippen LogP contribution in [0.5, 0.6) is 0 Å². The molecule has 0 saturated heterocycles. The largest absolute Gasteiger partial charge is 0.310 e. The first-order valence-electron chi connectivity index (χ1n) is 7.03. The van der Waals surface area contributed by atoms with Gasteiger partial charge in [-0.1, -0.05) is 26.0 Å². The van der Waals surface area contributed by atoms with Gasteiger partial charge in [0.2, 0.25) is 0 Å². The molecule has 0 spiro atoms. The maximum Gasteiger partial charge on any atom is 0.269 e. The van der Waals surface area contributed by atoms with Crippen molar-refractivity contribution in [1.82, 2.24) is 5.32 Å². The maximum atomic E-state index is 10.6. The number of nitrogens with one attached hydrogen (secondary N) is 1. The van der Waals surface area contributed by atoms with Gasteiger partial charge in [0, 0.05) is 24.7 Å². The fourth-order valence-electron chi connectivity index (χ4n) is 2.73. The van der Waals surface area contributed by atoms with Crippen molar-refractivity contribution >= 4 is 5.69 Å². The lowest BCUT2D eigenvalue weighted by atomic mass is 9.79. The van der Waals surface area contributed by atoms with E-state index in [1.165, 1.54) is 19.3 Å². The van der Waals surface area contributed by atoms with Gasteiger partial charge in [-0.25, -0.2) is 0 Å². The Morgan fingerprint density at radius 3 is 2.47 bits per heavy atom. The van der Waals surface area contributed by atoms with Crippen molar-refractivity contribution in [3.63, 3.8) is 0 Å². The van der Waals surface area contributed by atoms with Crippen LogP contribution in [-0.4, -0.2) is 11.0 Å². The molecule has 3 unspecified atom stereocenters. The molecule has 4 nitrogen and oxygen atoms in total. The van der Waals surface area contributed by atoms with E-state index in [0.717, 1.165) is 23.9 Å². The van der Waals surface area contributed by atoms with E-state index in [1.54, 1.807) is 12.1 Å². The molecule has 0 radical (unpaired) electrons. The second-order valence-electron chi connectivity index (χ2n) is 5.77. The van der Waals surface area contributed by atoms with Crippen molar-refractivity contribution < 1.29 is 4.92 Å². The fourth-order valence-corrected chi connectivity index (χ4v) is 2.73. The average Bonchev–Trinajstić information content (AvgIpc) is 2.40. The summed E-state index contributed by atoms with van der Waals surface area (Å²) in [4.78, 5) is 10.2. The summed E-state index contributed by atoms with van der Waals surface area (Å²) in [7, 11) is 0. The van der Waals surface area contributed by atoms with E-state index in [9.17, 15) is 10.1 Å². The van der Waals surface area contributed by atoms with Crippen LogP contribution in [0, 0.1) is 22.0 Å². The second kappa shape index (κ2) is 6.15. The number of nitro groups is 1. The monoisotopic (exact) mass is 262 g/mol. The van der Waals surface area contributed by atoms with Crippen LogP contribution in [0.15, 0.2) is 24.3 Å². The molecule has 1 aromatic carbocycles. The first-order chi connectivity index (χ1) is 9.06. The Bertz CT molecular complexity index is 430. The summed E-state index contributed by atoms with van der Waals surface area (Å²) in [5.41, 5.74) is 1.26. The zero-order valence-corrected chi connectivity index (χ0v) is 11.6. The van der Waals surface area contributed by atoms with Crippen LogP contribution in [-0.2, 0) is 6.54 Å². The molecule has 1 fully saturated rings. The third-order valence-corrected chi connectivity index (χ3v) is 4.34. The smallest absolute Gasteiger partial charge is 0.269 e. The highest BCUT2D eigenvalue weighted by Crippen LogP contribution is 2.29. The third kappa shape index (κ3) is 3.77. The van der Waals surface area contributed by atoms with E-state index in [4.69, 9.17) is 0 Å². The number of hydrogen-bond acceptors (Lipinski definition) is 3. The molecule has 2 rings (SSSR count). The van der Waals surface area contributed by atoms with Crippen molar-refractivity contribution in [3.8, 4) is 0 Å². The predicted molar refractivity (Wildman–Crippen MR) is 75.9 cm³/mol. The topological polar surface area (TPSA) is 55.2 Å². The van der Waals surface area contributed by atoms with Crippen molar-refractivity contribution in [1.29, 1.82) is 0 Å². The van der Waals surface area contributed by atoms with Crippen LogP contribution in [0.2, 0.25) is 0 Å². The van der Waals surface area contributed by atoms with Crippen molar-refractivity contribution in [3.05, 3.63) is 39.9 Å². The van der Waals surface area contributed by atoms with Gasteiger partial charge in [0.25, 0.3) is 5.69 Å². The second-order valence-corrected chi connectivity index (χ2v) is 5.77. The minimum atomic E-state index is -0.360. The van der Waals surface area contributed by atoms with E-state index >= 15 is 0 Å². The Kier molecular flexibility index (Phi) is 4.53. The number of benzene rings is 1. The van der Waals surface area contributed by atoms with Crippen LogP contribution >= 0.6 is 0 Å². The summed E-state index contributed by atoms with van der Waals surface area (Å²) in [5, 5.41) is 14.1. The first-order valence-corrected chi connectivity index (χ1v) is 7.03. The molecule has 4 heteroatoms. The highest BCUT2D eigenvalue weighted by Gasteiger charge is 2.23. The highest BCUT2D eigenvalue weighted by molar-refractivity contribution is 5.32. The Morgan fingerprint density at radius 1 is 1.21 bits per heavy atom. The van der Waals surface area contributed by atoms with Crippen LogP contribution in [0.4, 0.5) is 5.69 Å². The van der Waals surface area contributed by atoms with Crippen molar-refractivity contribution in [2.24, 2.45) is 11.8 Å². The van der Waals surface area contributed by atoms with Crippen LogP contribution in [0.25, 0.3) is 0 Å². The fraction of sp³-hybridized carbons (Fsp3) is 0.600. The minimum absolute atomic E-state index is 0.156. The molecule has 1 saturated carbocycles. The predicted octanol–water partition coefficient (Wildman–Crippen LogP) is 3.51. The van der Waals surface area contributed by atoms with Gasteiger partial charge in [-0.05, 0) is 36.7 Å². The van der Waals surface area contributed by atoms with Crippen molar-refractivity contribution in [2.45, 2.75) is 45.7 Å². The van der Waals surface area contributed by atoms with Gasteiger partial charge < -0.3 is 5.32 Å². The van der Waals surface area contributed by atoms with E-state index in [0.29, 0.717) is 6.04 Å². The number of rotatable bonds is 4. The number of hydrogen-bond donors (Lipinski definition) is 1. The third-order valence-electron chi connectivity index (χ3n) is 4.34. The van der Waals surface area contributed by atoms with Crippen molar-refractivity contribution in [2.75, 3.05) is 0 Å². The molecule has 1 aromatic rings. The number of non-ortho nitro benzene ring substituents is 1. The molecular weight excluding hydrogens is 240 g/mol. The first kappa shape index (κ1) is 14.0. The van der Waals surface area contributed by atoms with Gasteiger partial charge in [-0.2, -0.15) is 0 Å². The molecule has 0 amide bonds. The molecule has 0 heterocycles. The summed E-state index contributed by atoms with van der Waals surface area (Å²) >= 11 is 0. The lowest BCUT2D eigenvalue weighted by molar-refractivity contribution is -0.384. The molecule has 0 aliphatic heterocycles. The molecule has 0 aromatic heterocycles. The average molecular weight is 262 g/mol. The molecule has 104 valence electrons. The SMILES string of the molecule is CC1CCC(NCc2ccc([N+](=O)[O-])cc2)CC1C. The summed E-state index contributed by atoms with van der Waals surface area (Å²) in [6, 6.07) is 7.40. The van der Waals surface area contributed by atoms with Gasteiger partial charge >= 0.3 is 0 Å². The highest BCUT2D eigenvalue weighted by atomic mass is 16.6. The summed E-state index contributed by atoms with van der Waals surface area (Å²) in [6.07, 6.45) is 3.76. The standard InChI is InChI=1S/C15H22N2O2/c1-11-3-6-14(9-12(11)2)16-10-13-4-7-15(8-5-13)17(18)19/h4-5,7-8,11-12,14,16H,3,6,9-10H2,1-2H3. The summed E-state index contributed by atoms with van der Waals surface area (Å²) in [6.45, 7) is 5.45. The summed E-state index contributed by atoms with van der Waals surface area (Å²) in [5.74, 6) is 1.61. The number of nitro benzene ring substituents is 1. The van der Waals surface area contributed by atoms with Gasteiger partial charge in [0.05, 0.1) is 4.92 Å². The van der Waals surface area contributed by atoms with Gasteiger partial charge in [-0.15, -0.1) is 0 Å². The van der Waals surface area contributed by atoms with E-state index in [1.807, 2.05) is 12.1 Å². The van der Waals surface area contributed by atoms with Crippen LogP contribution in [0.1, 0.15) is 38.7 Å². The number of nitrogens with zero attached hydrogens (tertiary/aromatic N) is 1. The molecule has 3 atom stereocenters. The molecular formula is C15H22N2O2. The quantitative estimate of drug-likeness (QED) is 0.667. The molecule has 1 aliphatic rings. The Morgan fingerprint density at radius 2 is 1.89 bits per heavy atom. The maximum absolute atomic E-state index is 10.6. The normalized spacial score (nSPS) is 27.2.